The van der Waals surface area contributed by atoms with Crippen molar-refractivity contribution in [2.24, 2.45) is 0 Å². The summed E-state index contributed by atoms with van der Waals surface area (Å²) in [5.41, 5.74) is 7.68. The Balaban J connectivity index is 2.02. The summed E-state index contributed by atoms with van der Waals surface area (Å²) >= 11 is 5.83. The van der Waals surface area contributed by atoms with Crippen LogP contribution in [-0.4, -0.2) is 5.97 Å². The third-order valence-electron chi connectivity index (χ3n) is 2.61. The predicted octanol–water partition coefficient (Wildman–Crippen LogP) is 3.15. The van der Waals surface area contributed by atoms with Gasteiger partial charge in [0, 0.05) is 10.7 Å². The Labute approximate surface area is 121 Å². The third kappa shape index (κ3) is 3.50. The maximum atomic E-state index is 11.9. The van der Waals surface area contributed by atoms with Crippen LogP contribution in [0.3, 0.4) is 0 Å². The molecule has 2 N–H and O–H groups in total. The van der Waals surface area contributed by atoms with Crippen molar-refractivity contribution in [3.8, 4) is 6.07 Å². The molecule has 0 aliphatic heterocycles. The first kappa shape index (κ1) is 13.9. The first-order valence-electron chi connectivity index (χ1n) is 5.81. The molecule has 4 nitrogen and oxygen atoms in total. The summed E-state index contributed by atoms with van der Waals surface area (Å²) < 4.78 is 5.16. The van der Waals surface area contributed by atoms with E-state index in [1.54, 1.807) is 30.3 Å². The van der Waals surface area contributed by atoms with E-state index in [4.69, 9.17) is 27.3 Å². The minimum absolute atomic E-state index is 0.122. The number of halogens is 1. The van der Waals surface area contributed by atoms with Gasteiger partial charge in [-0.25, -0.2) is 4.79 Å². The van der Waals surface area contributed by atoms with Crippen LogP contribution in [-0.2, 0) is 11.3 Å². The normalized spacial score (nSPS) is 9.80. The molecule has 0 amide bonds. The van der Waals surface area contributed by atoms with E-state index in [9.17, 15) is 4.79 Å². The molecule has 0 saturated heterocycles. The standard InChI is InChI=1S/C15H11ClN2O2/c16-13-5-12(6-14(18)7-13)15(19)20-9-11-3-1-10(8-17)2-4-11/h1-7H,9,18H2. The van der Waals surface area contributed by atoms with Gasteiger partial charge < -0.3 is 10.5 Å². The van der Waals surface area contributed by atoms with Crippen LogP contribution in [0.5, 0.6) is 0 Å². The topological polar surface area (TPSA) is 76.1 Å². The Kier molecular flexibility index (Phi) is 4.24. The second-order valence-corrected chi connectivity index (χ2v) is 4.59. The zero-order valence-corrected chi connectivity index (χ0v) is 11.2. The second-order valence-electron chi connectivity index (χ2n) is 4.16. The van der Waals surface area contributed by atoms with Gasteiger partial charge in [-0.1, -0.05) is 23.7 Å². The molecule has 0 saturated carbocycles. The summed E-state index contributed by atoms with van der Waals surface area (Å²) in [6, 6.07) is 13.4. The number of carbonyl (C=O) groups excluding carboxylic acids is 1. The van der Waals surface area contributed by atoms with E-state index in [0.29, 0.717) is 21.8 Å². The summed E-state index contributed by atoms with van der Waals surface area (Å²) in [5.74, 6) is -0.497. The van der Waals surface area contributed by atoms with Gasteiger partial charge in [-0.15, -0.1) is 0 Å². The van der Waals surface area contributed by atoms with Gasteiger partial charge in [-0.3, -0.25) is 0 Å². The lowest BCUT2D eigenvalue weighted by molar-refractivity contribution is 0.0473. The van der Waals surface area contributed by atoms with E-state index in [1.165, 1.54) is 12.1 Å². The minimum Gasteiger partial charge on any atom is -0.457 e. The summed E-state index contributed by atoms with van der Waals surface area (Å²) in [6.07, 6.45) is 0. The molecule has 0 fully saturated rings. The Hall–Kier alpha value is -2.51. The molecule has 2 aromatic carbocycles. The monoisotopic (exact) mass is 286 g/mol. The number of hydrogen-bond acceptors (Lipinski definition) is 4. The maximum absolute atomic E-state index is 11.9. The molecule has 0 aliphatic rings. The van der Waals surface area contributed by atoms with E-state index < -0.39 is 5.97 Å². The molecule has 0 spiro atoms. The zero-order chi connectivity index (χ0) is 14.5. The van der Waals surface area contributed by atoms with Crippen molar-refractivity contribution in [2.45, 2.75) is 6.61 Å². The predicted molar refractivity (Wildman–Crippen MR) is 76.1 cm³/mol. The fraction of sp³-hybridized carbons (Fsp3) is 0.0667. The minimum atomic E-state index is -0.497. The van der Waals surface area contributed by atoms with Gasteiger partial charge in [-0.2, -0.15) is 5.26 Å². The van der Waals surface area contributed by atoms with E-state index >= 15 is 0 Å². The number of benzene rings is 2. The summed E-state index contributed by atoms with van der Waals surface area (Å²) in [5, 5.41) is 9.07. The molecule has 0 radical (unpaired) electrons. The number of carbonyl (C=O) groups is 1. The number of esters is 1. The van der Waals surface area contributed by atoms with Crippen LogP contribution in [0.2, 0.25) is 5.02 Å². The first-order chi connectivity index (χ1) is 9.58. The molecule has 0 aromatic heterocycles. The number of nitrogens with two attached hydrogens (primary N) is 1. The summed E-state index contributed by atoms with van der Waals surface area (Å²) in [6.45, 7) is 0.122. The molecule has 0 heterocycles. The summed E-state index contributed by atoms with van der Waals surface area (Å²) in [4.78, 5) is 11.9. The number of hydrogen-bond donors (Lipinski definition) is 1. The second kappa shape index (κ2) is 6.09. The van der Waals surface area contributed by atoms with Gasteiger partial charge in [0.15, 0.2) is 0 Å². The Bertz CT molecular complexity index is 655. The Morgan fingerprint density at radius 3 is 2.55 bits per heavy atom. The highest BCUT2D eigenvalue weighted by atomic mass is 35.5. The van der Waals surface area contributed by atoms with Crippen molar-refractivity contribution in [3.63, 3.8) is 0 Å². The quantitative estimate of drug-likeness (QED) is 0.694. The Morgan fingerprint density at radius 2 is 1.95 bits per heavy atom. The lowest BCUT2D eigenvalue weighted by atomic mass is 10.1. The lowest BCUT2D eigenvalue weighted by Gasteiger charge is -2.06. The molecule has 0 unspecified atom stereocenters. The van der Waals surface area contributed by atoms with E-state index in [1.807, 2.05) is 6.07 Å². The molecule has 0 aliphatic carbocycles. The molecule has 5 heteroatoms. The van der Waals surface area contributed by atoms with Crippen molar-refractivity contribution < 1.29 is 9.53 Å². The highest BCUT2D eigenvalue weighted by Crippen LogP contribution is 2.17. The highest BCUT2D eigenvalue weighted by molar-refractivity contribution is 6.31. The van der Waals surface area contributed by atoms with Crippen molar-refractivity contribution in [2.75, 3.05) is 5.73 Å². The fourth-order valence-corrected chi connectivity index (χ4v) is 1.88. The van der Waals surface area contributed by atoms with Crippen LogP contribution in [0.1, 0.15) is 21.5 Å². The number of nitriles is 1. The average molecular weight is 287 g/mol. The zero-order valence-electron chi connectivity index (χ0n) is 10.5. The highest BCUT2D eigenvalue weighted by Gasteiger charge is 2.09. The van der Waals surface area contributed by atoms with E-state index in [2.05, 4.69) is 0 Å². The lowest BCUT2D eigenvalue weighted by Crippen LogP contribution is -2.06. The molecule has 0 atom stereocenters. The molecule has 2 aromatic rings. The van der Waals surface area contributed by atoms with Crippen molar-refractivity contribution >= 4 is 23.3 Å². The fourth-order valence-electron chi connectivity index (χ4n) is 1.64. The molecule has 100 valence electrons. The van der Waals surface area contributed by atoms with Gasteiger partial charge in [0.25, 0.3) is 0 Å². The van der Waals surface area contributed by atoms with Crippen LogP contribution >= 0.6 is 11.6 Å². The summed E-state index contributed by atoms with van der Waals surface area (Å²) in [7, 11) is 0. The molecular weight excluding hydrogens is 276 g/mol. The number of ether oxygens (including phenoxy) is 1. The average Bonchev–Trinajstić information content (AvgIpc) is 2.44. The van der Waals surface area contributed by atoms with Gasteiger partial charge in [-0.05, 0) is 35.9 Å². The number of rotatable bonds is 3. The van der Waals surface area contributed by atoms with Gasteiger partial charge in [0.05, 0.1) is 17.2 Å². The number of nitrogens with zero attached hydrogens (tertiary/aromatic N) is 1. The smallest absolute Gasteiger partial charge is 0.338 e. The van der Waals surface area contributed by atoms with Crippen LogP contribution < -0.4 is 5.73 Å². The molecular formula is C15H11ClN2O2. The molecule has 0 bridgehead atoms. The van der Waals surface area contributed by atoms with Gasteiger partial charge in [0.1, 0.15) is 6.61 Å². The van der Waals surface area contributed by atoms with Crippen LogP contribution in [0.25, 0.3) is 0 Å². The van der Waals surface area contributed by atoms with Crippen LogP contribution in [0.15, 0.2) is 42.5 Å². The van der Waals surface area contributed by atoms with Crippen molar-refractivity contribution in [3.05, 3.63) is 64.2 Å². The first-order valence-corrected chi connectivity index (χ1v) is 6.18. The van der Waals surface area contributed by atoms with Crippen molar-refractivity contribution in [1.82, 2.24) is 0 Å². The van der Waals surface area contributed by atoms with Gasteiger partial charge >= 0.3 is 5.97 Å². The number of anilines is 1. The van der Waals surface area contributed by atoms with E-state index in [-0.39, 0.29) is 6.61 Å². The molecule has 20 heavy (non-hydrogen) atoms. The van der Waals surface area contributed by atoms with Gasteiger partial charge in [0.2, 0.25) is 0 Å². The SMILES string of the molecule is N#Cc1ccc(COC(=O)c2cc(N)cc(Cl)c2)cc1. The maximum Gasteiger partial charge on any atom is 0.338 e. The molecule has 2 rings (SSSR count). The Morgan fingerprint density at radius 1 is 1.25 bits per heavy atom. The van der Waals surface area contributed by atoms with E-state index in [0.717, 1.165) is 5.56 Å². The largest absolute Gasteiger partial charge is 0.457 e. The van der Waals surface area contributed by atoms with Crippen LogP contribution in [0.4, 0.5) is 5.69 Å². The van der Waals surface area contributed by atoms with Crippen LogP contribution in [0, 0.1) is 11.3 Å². The third-order valence-corrected chi connectivity index (χ3v) is 2.83. The number of nitrogen functional groups attached to an aromatic ring is 1. The van der Waals surface area contributed by atoms with Crippen molar-refractivity contribution in [1.29, 1.82) is 5.26 Å².